The Kier molecular flexibility index (Phi) is 5.77. The number of nitrogens with one attached hydrogen (secondary N) is 1. The maximum atomic E-state index is 12.5. The Labute approximate surface area is 166 Å². The highest BCUT2D eigenvalue weighted by molar-refractivity contribution is 6.91. The van der Waals surface area contributed by atoms with E-state index in [1.54, 1.807) is 0 Å². The van der Waals surface area contributed by atoms with Crippen molar-refractivity contribution in [3.63, 3.8) is 0 Å². The number of carbonyl (C=O) groups excluding carboxylic acids is 1. The van der Waals surface area contributed by atoms with Crippen LogP contribution in [0.5, 0.6) is 0 Å². The number of β-lactam (4-membered cyclic amide) rings is 1. The fourth-order valence-electron chi connectivity index (χ4n) is 4.41. The first kappa shape index (κ1) is 20.1. The fraction of sp³-hybridized carbons (Fsp3) is 0.435. The third kappa shape index (κ3) is 4.12. The molecule has 2 aromatic carbocycles. The summed E-state index contributed by atoms with van der Waals surface area (Å²) < 4.78 is 0. The van der Waals surface area contributed by atoms with Gasteiger partial charge in [-0.2, -0.15) is 0 Å². The number of benzene rings is 2. The van der Waals surface area contributed by atoms with Crippen molar-refractivity contribution in [2.45, 2.75) is 57.2 Å². The second-order valence-electron chi connectivity index (χ2n) is 9.31. The van der Waals surface area contributed by atoms with Crippen LogP contribution in [0, 0.1) is 5.92 Å². The standard InChI is InChI=1S/C23H33NOSi2/c1-18(27(4,5)20-14-10-7-11-15-20)22-21(24-23(22)25)16-17-26(2,3)19-12-8-6-9-13-19/h6-15,18,21-22H,16-17H2,1-5H3,(H,24,25)/t18-,21+,22+/m0/s1. The summed E-state index contributed by atoms with van der Waals surface area (Å²) in [4.78, 5) is 12.5. The Hall–Kier alpha value is -1.66. The molecule has 0 bridgehead atoms. The van der Waals surface area contributed by atoms with Crippen molar-refractivity contribution in [3.05, 3.63) is 60.7 Å². The van der Waals surface area contributed by atoms with Gasteiger partial charge < -0.3 is 5.32 Å². The largest absolute Gasteiger partial charge is 0.352 e. The molecule has 0 aromatic heterocycles. The molecule has 27 heavy (non-hydrogen) atoms. The van der Waals surface area contributed by atoms with Gasteiger partial charge in [0.15, 0.2) is 0 Å². The highest BCUT2D eigenvalue weighted by Gasteiger charge is 2.48. The molecule has 0 unspecified atom stereocenters. The quantitative estimate of drug-likeness (QED) is 0.555. The van der Waals surface area contributed by atoms with Gasteiger partial charge in [-0.05, 0) is 12.0 Å². The molecule has 3 rings (SSSR count). The average Bonchev–Trinajstić information content (AvgIpc) is 2.66. The van der Waals surface area contributed by atoms with E-state index in [0.29, 0.717) is 11.6 Å². The topological polar surface area (TPSA) is 29.1 Å². The maximum absolute atomic E-state index is 12.5. The molecule has 1 heterocycles. The van der Waals surface area contributed by atoms with Crippen LogP contribution < -0.4 is 15.7 Å². The van der Waals surface area contributed by atoms with Crippen molar-refractivity contribution in [3.8, 4) is 0 Å². The van der Waals surface area contributed by atoms with Gasteiger partial charge in [-0.1, -0.05) is 110 Å². The second kappa shape index (κ2) is 7.76. The van der Waals surface area contributed by atoms with Gasteiger partial charge in [0.1, 0.15) is 0 Å². The van der Waals surface area contributed by atoms with E-state index in [1.165, 1.54) is 16.4 Å². The van der Waals surface area contributed by atoms with E-state index >= 15 is 0 Å². The third-order valence-electron chi connectivity index (χ3n) is 6.89. The molecule has 0 aliphatic carbocycles. The van der Waals surface area contributed by atoms with Crippen molar-refractivity contribution in [1.82, 2.24) is 5.32 Å². The van der Waals surface area contributed by atoms with E-state index in [4.69, 9.17) is 0 Å². The van der Waals surface area contributed by atoms with Gasteiger partial charge in [-0.25, -0.2) is 0 Å². The van der Waals surface area contributed by atoms with E-state index < -0.39 is 16.1 Å². The van der Waals surface area contributed by atoms with Gasteiger partial charge >= 0.3 is 0 Å². The van der Waals surface area contributed by atoms with Gasteiger partial charge in [0.05, 0.1) is 22.1 Å². The lowest BCUT2D eigenvalue weighted by molar-refractivity contribution is -0.135. The summed E-state index contributed by atoms with van der Waals surface area (Å²) in [5.41, 5.74) is 0.445. The van der Waals surface area contributed by atoms with Crippen LogP contribution in [0.1, 0.15) is 13.3 Å². The van der Waals surface area contributed by atoms with E-state index in [-0.39, 0.29) is 11.8 Å². The molecule has 2 aromatic rings. The second-order valence-corrected chi connectivity index (χ2v) is 19.1. The van der Waals surface area contributed by atoms with Crippen LogP contribution in [0.3, 0.4) is 0 Å². The molecule has 2 nitrogen and oxygen atoms in total. The van der Waals surface area contributed by atoms with Crippen LogP contribution in [-0.4, -0.2) is 28.1 Å². The smallest absolute Gasteiger partial charge is 0.225 e. The maximum Gasteiger partial charge on any atom is 0.225 e. The molecule has 4 heteroatoms. The van der Waals surface area contributed by atoms with Crippen LogP contribution >= 0.6 is 0 Å². The molecule has 144 valence electrons. The molecule has 1 fully saturated rings. The van der Waals surface area contributed by atoms with E-state index in [2.05, 4.69) is 99.1 Å². The van der Waals surface area contributed by atoms with Crippen LogP contribution in [0.2, 0.25) is 37.8 Å². The van der Waals surface area contributed by atoms with Crippen LogP contribution in [0.4, 0.5) is 0 Å². The van der Waals surface area contributed by atoms with Gasteiger partial charge in [-0.3, -0.25) is 4.79 Å². The molecule has 1 aliphatic heterocycles. The first-order valence-corrected chi connectivity index (χ1v) is 16.4. The summed E-state index contributed by atoms with van der Waals surface area (Å²) in [6.07, 6.45) is 1.11. The van der Waals surface area contributed by atoms with Gasteiger partial charge in [-0.15, -0.1) is 0 Å². The van der Waals surface area contributed by atoms with Crippen molar-refractivity contribution in [1.29, 1.82) is 0 Å². The molecular formula is C23H33NOSi2. The summed E-state index contributed by atoms with van der Waals surface area (Å²) in [5, 5.41) is 6.19. The predicted molar refractivity (Wildman–Crippen MR) is 121 cm³/mol. The first-order valence-electron chi connectivity index (χ1n) is 10.1. The molecule has 1 N–H and O–H groups in total. The number of amides is 1. The summed E-state index contributed by atoms with van der Waals surface area (Å²) in [5.74, 6) is 0.440. The number of carbonyl (C=O) groups is 1. The van der Waals surface area contributed by atoms with E-state index in [1.807, 2.05) is 0 Å². The molecule has 1 aliphatic rings. The minimum atomic E-state index is -1.69. The van der Waals surface area contributed by atoms with Gasteiger partial charge in [0.25, 0.3) is 0 Å². The van der Waals surface area contributed by atoms with Crippen molar-refractivity contribution >= 4 is 32.4 Å². The van der Waals surface area contributed by atoms with Crippen LogP contribution in [0.25, 0.3) is 0 Å². The highest BCUT2D eigenvalue weighted by atomic mass is 28.3. The fourth-order valence-corrected chi connectivity index (χ4v) is 9.69. The zero-order valence-corrected chi connectivity index (χ0v) is 19.3. The normalized spacial score (nSPS) is 21.3. The van der Waals surface area contributed by atoms with Crippen molar-refractivity contribution in [2.24, 2.45) is 5.92 Å². The van der Waals surface area contributed by atoms with E-state index in [0.717, 1.165) is 6.42 Å². The first-order chi connectivity index (χ1) is 12.7. The minimum Gasteiger partial charge on any atom is -0.352 e. The Morgan fingerprint density at radius 3 is 1.93 bits per heavy atom. The van der Waals surface area contributed by atoms with E-state index in [9.17, 15) is 4.79 Å². The Morgan fingerprint density at radius 1 is 0.889 bits per heavy atom. The summed E-state index contributed by atoms with van der Waals surface area (Å²) >= 11 is 0. The van der Waals surface area contributed by atoms with Crippen LogP contribution in [0.15, 0.2) is 60.7 Å². The zero-order valence-electron chi connectivity index (χ0n) is 17.3. The minimum absolute atomic E-state index is 0.174. The lowest BCUT2D eigenvalue weighted by Gasteiger charge is -2.46. The SMILES string of the molecule is C[C@@H]([C@H]1C(=O)N[C@@H]1CC[Si](C)(C)c1ccccc1)[Si](C)(C)c1ccccc1. The van der Waals surface area contributed by atoms with Crippen LogP contribution in [-0.2, 0) is 4.79 Å². The Bertz CT molecular complexity index is 773. The molecule has 1 amide bonds. The summed E-state index contributed by atoms with van der Waals surface area (Å²) in [6, 6.07) is 23.3. The number of rotatable bonds is 7. The molecule has 3 atom stereocenters. The highest BCUT2D eigenvalue weighted by Crippen LogP contribution is 2.38. The molecule has 0 spiro atoms. The molecule has 1 saturated heterocycles. The van der Waals surface area contributed by atoms with Crippen molar-refractivity contribution < 1.29 is 4.79 Å². The summed E-state index contributed by atoms with van der Waals surface area (Å²) in [6.45, 7) is 12.0. The molecule has 0 saturated carbocycles. The van der Waals surface area contributed by atoms with Crippen molar-refractivity contribution in [2.75, 3.05) is 0 Å². The lowest BCUT2D eigenvalue weighted by Crippen LogP contribution is -2.64. The van der Waals surface area contributed by atoms with Gasteiger partial charge in [0.2, 0.25) is 5.91 Å². The average molecular weight is 396 g/mol. The number of hydrogen-bond acceptors (Lipinski definition) is 1. The molecular weight excluding hydrogens is 362 g/mol. The predicted octanol–water partition coefficient (Wildman–Crippen LogP) is 4.11. The molecule has 0 radical (unpaired) electrons. The number of hydrogen-bond donors (Lipinski definition) is 1. The van der Waals surface area contributed by atoms with Gasteiger partial charge in [0, 0.05) is 6.04 Å². The lowest BCUT2D eigenvalue weighted by atomic mass is 9.86. The Balaban J connectivity index is 1.69. The summed E-state index contributed by atoms with van der Waals surface area (Å²) in [7, 11) is -3.15. The zero-order chi connectivity index (χ0) is 19.7. The Morgan fingerprint density at radius 2 is 1.41 bits per heavy atom. The third-order valence-corrected chi connectivity index (χ3v) is 14.8. The monoisotopic (exact) mass is 395 g/mol.